The fourth-order valence-corrected chi connectivity index (χ4v) is 1.55. The van der Waals surface area contributed by atoms with Crippen LogP contribution in [0.25, 0.3) is 23.1 Å². The van der Waals surface area contributed by atoms with E-state index in [0.717, 1.165) is 0 Å². The van der Waals surface area contributed by atoms with Gasteiger partial charge in [0.15, 0.2) is 0 Å². The Hall–Kier alpha value is -2.83. The van der Waals surface area contributed by atoms with Crippen LogP contribution in [-0.4, -0.2) is 25.2 Å². The summed E-state index contributed by atoms with van der Waals surface area (Å²) in [4.78, 5) is 11.9. The van der Waals surface area contributed by atoms with E-state index in [4.69, 9.17) is 4.52 Å². The Bertz CT molecular complexity index is 695. The largest absolute Gasteiger partial charge is 0.507 e. The van der Waals surface area contributed by atoms with Crippen LogP contribution in [0.4, 0.5) is 4.39 Å². The van der Waals surface area contributed by atoms with E-state index < -0.39 is 5.82 Å². The van der Waals surface area contributed by atoms with Gasteiger partial charge in [-0.25, -0.2) is 14.4 Å². The highest BCUT2D eigenvalue weighted by molar-refractivity contribution is 5.64. The normalized spacial score (nSPS) is 10.6. The highest BCUT2D eigenvalue weighted by Gasteiger charge is 2.18. The highest BCUT2D eigenvalue weighted by Crippen LogP contribution is 2.31. The van der Waals surface area contributed by atoms with Crippen molar-refractivity contribution in [2.24, 2.45) is 0 Å². The molecule has 0 radical (unpaired) electrons. The molecule has 0 aliphatic rings. The van der Waals surface area contributed by atoms with Crippen molar-refractivity contribution in [3.05, 3.63) is 42.5 Å². The lowest BCUT2D eigenvalue weighted by molar-refractivity contribution is 0.421. The van der Waals surface area contributed by atoms with Crippen molar-refractivity contribution in [2.45, 2.75) is 0 Å². The quantitative estimate of drug-likeness (QED) is 0.757. The Balaban J connectivity index is 2.07. The number of rotatable bonds is 2. The number of phenolic OH excluding ortho intramolecular Hbond substituents is 1. The van der Waals surface area contributed by atoms with Gasteiger partial charge < -0.3 is 9.63 Å². The first-order valence-electron chi connectivity index (χ1n) is 5.34. The van der Waals surface area contributed by atoms with E-state index in [1.807, 2.05) is 0 Å². The molecule has 94 valence electrons. The third kappa shape index (κ3) is 2.01. The van der Waals surface area contributed by atoms with E-state index in [1.54, 1.807) is 6.07 Å². The van der Waals surface area contributed by atoms with E-state index >= 15 is 0 Å². The van der Waals surface area contributed by atoms with Crippen LogP contribution in [0.15, 0.2) is 41.2 Å². The lowest BCUT2D eigenvalue weighted by Gasteiger charge is -1.99. The van der Waals surface area contributed by atoms with Crippen molar-refractivity contribution in [3.63, 3.8) is 0 Å². The third-order valence-electron chi connectivity index (χ3n) is 2.40. The van der Waals surface area contributed by atoms with Crippen LogP contribution in [0, 0.1) is 5.82 Å². The van der Waals surface area contributed by atoms with Crippen molar-refractivity contribution < 1.29 is 14.0 Å². The van der Waals surface area contributed by atoms with Gasteiger partial charge in [-0.15, -0.1) is 0 Å². The molecule has 0 amide bonds. The van der Waals surface area contributed by atoms with Gasteiger partial charge in [0.25, 0.3) is 5.89 Å². The maximum Gasteiger partial charge on any atom is 0.265 e. The van der Waals surface area contributed by atoms with Crippen LogP contribution in [0.5, 0.6) is 5.75 Å². The molecule has 1 aromatic carbocycles. The molecule has 0 saturated heterocycles. The summed E-state index contributed by atoms with van der Waals surface area (Å²) in [5.74, 6) is -0.669. The average Bonchev–Trinajstić information content (AvgIpc) is 2.89. The second-order valence-electron chi connectivity index (χ2n) is 3.63. The van der Waals surface area contributed by atoms with Gasteiger partial charge >= 0.3 is 0 Å². The lowest BCUT2D eigenvalue weighted by Crippen LogP contribution is -1.89. The van der Waals surface area contributed by atoms with E-state index in [1.165, 1.54) is 30.6 Å². The summed E-state index contributed by atoms with van der Waals surface area (Å²) in [6.45, 7) is 0. The molecule has 3 rings (SSSR count). The summed E-state index contributed by atoms with van der Waals surface area (Å²) in [6, 6.07) is 5.55. The average molecular weight is 258 g/mol. The van der Waals surface area contributed by atoms with Gasteiger partial charge in [-0.1, -0.05) is 11.2 Å². The third-order valence-corrected chi connectivity index (χ3v) is 2.40. The minimum atomic E-state index is -0.649. The monoisotopic (exact) mass is 258 g/mol. The smallest absolute Gasteiger partial charge is 0.265 e. The molecule has 0 bridgehead atoms. The Morgan fingerprint density at radius 3 is 2.58 bits per heavy atom. The molecule has 19 heavy (non-hydrogen) atoms. The highest BCUT2D eigenvalue weighted by atomic mass is 19.1. The van der Waals surface area contributed by atoms with Gasteiger partial charge in [-0.05, 0) is 18.2 Å². The zero-order valence-corrected chi connectivity index (χ0v) is 9.49. The number of aromatic nitrogens is 4. The van der Waals surface area contributed by atoms with Crippen LogP contribution in [-0.2, 0) is 0 Å². The fraction of sp³-hybridized carbons (Fsp3) is 0. The van der Waals surface area contributed by atoms with Crippen LogP contribution in [0.3, 0.4) is 0 Å². The van der Waals surface area contributed by atoms with Crippen LogP contribution in [0.1, 0.15) is 0 Å². The second kappa shape index (κ2) is 4.45. The van der Waals surface area contributed by atoms with Crippen molar-refractivity contribution in [1.29, 1.82) is 0 Å². The molecular weight excluding hydrogens is 251 g/mol. The summed E-state index contributed by atoms with van der Waals surface area (Å²) in [6.07, 6.45) is 3.05. The first-order chi connectivity index (χ1) is 9.25. The molecular formula is C12H7FN4O2. The van der Waals surface area contributed by atoms with Gasteiger partial charge in [0.1, 0.15) is 17.1 Å². The molecule has 0 unspecified atom stereocenters. The Morgan fingerprint density at radius 1 is 1.05 bits per heavy atom. The first-order valence-corrected chi connectivity index (χ1v) is 5.34. The van der Waals surface area contributed by atoms with Crippen LogP contribution < -0.4 is 0 Å². The number of nitrogens with zero attached hydrogens (tertiary/aromatic N) is 4. The number of hydrogen-bond acceptors (Lipinski definition) is 6. The molecule has 7 heteroatoms. The maximum absolute atomic E-state index is 13.6. The molecule has 6 nitrogen and oxygen atoms in total. The molecule has 2 heterocycles. The molecule has 2 aromatic heterocycles. The number of aromatic hydroxyl groups is 1. The number of benzene rings is 1. The van der Waals surface area contributed by atoms with Gasteiger partial charge in [0.2, 0.25) is 11.6 Å². The van der Waals surface area contributed by atoms with E-state index in [-0.39, 0.29) is 28.9 Å². The standard InChI is InChI=1S/C12H7FN4O2/c13-7-3-1-4-8(18)9(7)12-16-11(17-19-12)10-14-5-2-6-15-10/h1-6,18H. The predicted octanol–water partition coefficient (Wildman–Crippen LogP) is 2.04. The maximum atomic E-state index is 13.6. The molecule has 0 spiro atoms. The Labute approximate surface area is 106 Å². The molecule has 1 N–H and O–H groups in total. The predicted molar refractivity (Wildman–Crippen MR) is 62.4 cm³/mol. The SMILES string of the molecule is Oc1cccc(F)c1-c1nc(-c2ncccn2)no1. The molecule has 0 saturated carbocycles. The summed E-state index contributed by atoms with van der Waals surface area (Å²) in [5, 5.41) is 13.3. The minimum absolute atomic E-state index is 0.123. The van der Waals surface area contributed by atoms with Gasteiger partial charge in [0.05, 0.1) is 0 Å². The molecule has 0 aliphatic heterocycles. The van der Waals surface area contributed by atoms with Crippen molar-refractivity contribution >= 4 is 0 Å². The summed E-state index contributed by atoms with van der Waals surface area (Å²) >= 11 is 0. The Kier molecular flexibility index (Phi) is 2.64. The van der Waals surface area contributed by atoms with Crippen LogP contribution >= 0.6 is 0 Å². The number of halogens is 1. The summed E-state index contributed by atoms with van der Waals surface area (Å²) in [5.41, 5.74) is -0.141. The number of hydrogen-bond donors (Lipinski definition) is 1. The molecule has 0 atom stereocenters. The summed E-state index contributed by atoms with van der Waals surface area (Å²) in [7, 11) is 0. The molecule has 0 fully saturated rings. The van der Waals surface area contributed by atoms with Crippen LogP contribution in [0.2, 0.25) is 0 Å². The van der Waals surface area contributed by atoms with E-state index in [2.05, 4.69) is 20.1 Å². The zero-order valence-electron chi connectivity index (χ0n) is 9.49. The second-order valence-corrected chi connectivity index (χ2v) is 3.63. The zero-order chi connectivity index (χ0) is 13.2. The Morgan fingerprint density at radius 2 is 1.84 bits per heavy atom. The fourth-order valence-electron chi connectivity index (χ4n) is 1.55. The van der Waals surface area contributed by atoms with Gasteiger partial charge in [-0.2, -0.15) is 4.98 Å². The lowest BCUT2D eigenvalue weighted by atomic mass is 10.2. The molecule has 3 aromatic rings. The first kappa shape index (κ1) is 11.3. The van der Waals surface area contributed by atoms with Crippen molar-refractivity contribution in [3.8, 4) is 28.9 Å². The summed E-state index contributed by atoms with van der Waals surface area (Å²) < 4.78 is 18.6. The molecule has 0 aliphatic carbocycles. The number of phenols is 1. The van der Waals surface area contributed by atoms with Crippen molar-refractivity contribution in [2.75, 3.05) is 0 Å². The van der Waals surface area contributed by atoms with E-state index in [0.29, 0.717) is 0 Å². The topological polar surface area (TPSA) is 84.9 Å². The van der Waals surface area contributed by atoms with Gasteiger partial charge in [0, 0.05) is 12.4 Å². The van der Waals surface area contributed by atoms with Crippen molar-refractivity contribution in [1.82, 2.24) is 20.1 Å². The minimum Gasteiger partial charge on any atom is -0.507 e. The van der Waals surface area contributed by atoms with Gasteiger partial charge in [-0.3, -0.25) is 0 Å². The van der Waals surface area contributed by atoms with E-state index in [9.17, 15) is 9.50 Å².